The topological polar surface area (TPSA) is 99.1 Å². The van der Waals surface area contributed by atoms with Gasteiger partial charge in [-0.2, -0.15) is 5.26 Å². The number of nitriles is 1. The Balaban J connectivity index is 2.11. The number of nitrogens with zero attached hydrogens (tertiary/aromatic N) is 1. The molecular weight excluding hydrogens is 477 g/mol. The summed E-state index contributed by atoms with van der Waals surface area (Å²) in [4.78, 5) is 12.3. The lowest BCUT2D eigenvalue weighted by atomic mass is 10.2. The average Bonchev–Trinajstić information content (AvgIpc) is 2.57. The van der Waals surface area contributed by atoms with Crippen molar-refractivity contribution in [3.05, 3.63) is 56.6 Å². The van der Waals surface area contributed by atoms with Gasteiger partial charge in [-0.25, -0.2) is 13.1 Å². The molecule has 0 bridgehead atoms. The van der Waals surface area contributed by atoms with Gasteiger partial charge in [-0.3, -0.25) is 4.79 Å². The summed E-state index contributed by atoms with van der Waals surface area (Å²) >= 11 is 8.19. The van der Waals surface area contributed by atoms with Crippen LogP contribution in [0, 0.1) is 14.9 Å². The number of anilines is 1. The molecule has 0 saturated heterocycles. The van der Waals surface area contributed by atoms with E-state index in [0.717, 1.165) is 3.57 Å². The first kappa shape index (κ1) is 19.7. The normalized spacial score (nSPS) is 10.9. The molecule has 2 aromatic rings. The van der Waals surface area contributed by atoms with Crippen LogP contribution in [0.3, 0.4) is 0 Å². The van der Waals surface area contributed by atoms with Crippen LogP contribution in [0.5, 0.6) is 0 Å². The van der Waals surface area contributed by atoms with Gasteiger partial charge in [-0.05, 0) is 65.1 Å². The second-order valence-electron chi connectivity index (χ2n) is 4.91. The maximum Gasteiger partial charge on any atom is 0.255 e. The van der Waals surface area contributed by atoms with Gasteiger partial charge in [-0.15, -0.1) is 0 Å². The van der Waals surface area contributed by atoms with Crippen LogP contribution in [0.15, 0.2) is 47.4 Å². The molecular formula is C16H13ClIN3O3S. The van der Waals surface area contributed by atoms with Crippen molar-refractivity contribution in [1.82, 2.24) is 4.72 Å². The summed E-state index contributed by atoms with van der Waals surface area (Å²) in [5, 5.41) is 11.5. The van der Waals surface area contributed by atoms with E-state index in [1.165, 1.54) is 24.3 Å². The third-order valence-corrected chi connectivity index (χ3v) is 5.60. The van der Waals surface area contributed by atoms with Crippen LogP contribution in [-0.4, -0.2) is 20.9 Å². The zero-order valence-corrected chi connectivity index (χ0v) is 16.5. The van der Waals surface area contributed by atoms with Crippen LogP contribution in [0.4, 0.5) is 5.69 Å². The summed E-state index contributed by atoms with van der Waals surface area (Å²) in [5.41, 5.74) is 0.771. The Kier molecular flexibility index (Phi) is 6.78. The van der Waals surface area contributed by atoms with Crippen molar-refractivity contribution >= 4 is 55.8 Å². The van der Waals surface area contributed by atoms with Gasteiger partial charge in [0.2, 0.25) is 10.0 Å². The first-order valence-electron chi connectivity index (χ1n) is 7.06. The highest BCUT2D eigenvalue weighted by molar-refractivity contribution is 14.1. The molecule has 0 atom stereocenters. The Bertz CT molecular complexity index is 925. The maximum atomic E-state index is 12.3. The first-order chi connectivity index (χ1) is 11.8. The van der Waals surface area contributed by atoms with Crippen LogP contribution in [0.1, 0.15) is 16.8 Å². The number of hydrogen-bond donors (Lipinski definition) is 2. The molecule has 0 aliphatic heterocycles. The third kappa shape index (κ3) is 5.40. The molecule has 2 rings (SSSR count). The zero-order valence-electron chi connectivity index (χ0n) is 12.8. The minimum Gasteiger partial charge on any atom is -0.321 e. The lowest BCUT2D eigenvalue weighted by Gasteiger charge is -2.09. The lowest BCUT2D eigenvalue weighted by molar-refractivity contribution is 0.102. The van der Waals surface area contributed by atoms with Gasteiger partial charge in [0.05, 0.1) is 21.7 Å². The number of rotatable bonds is 6. The zero-order chi connectivity index (χ0) is 18.4. The van der Waals surface area contributed by atoms with Gasteiger partial charge in [-0.1, -0.05) is 11.6 Å². The van der Waals surface area contributed by atoms with E-state index in [4.69, 9.17) is 16.9 Å². The second kappa shape index (κ2) is 8.62. The van der Waals surface area contributed by atoms with E-state index < -0.39 is 15.9 Å². The number of carbonyl (C=O) groups excluding carboxylic acids is 1. The van der Waals surface area contributed by atoms with Gasteiger partial charge in [0.1, 0.15) is 0 Å². The highest BCUT2D eigenvalue weighted by Gasteiger charge is 2.15. The Morgan fingerprint density at radius 1 is 1.20 bits per heavy atom. The number of nitrogens with one attached hydrogen (secondary N) is 2. The van der Waals surface area contributed by atoms with E-state index in [0.29, 0.717) is 16.3 Å². The predicted octanol–water partition coefficient (Wildman–Crippen LogP) is 3.39. The summed E-state index contributed by atoms with van der Waals surface area (Å²) in [6.07, 6.45) is 0.0799. The largest absolute Gasteiger partial charge is 0.321 e. The molecule has 25 heavy (non-hydrogen) atoms. The minimum atomic E-state index is -3.70. The highest BCUT2D eigenvalue weighted by atomic mass is 127. The summed E-state index contributed by atoms with van der Waals surface area (Å²) in [6, 6.07) is 12.6. The van der Waals surface area contributed by atoms with Crippen LogP contribution in [0.2, 0.25) is 5.02 Å². The molecule has 0 aliphatic rings. The maximum absolute atomic E-state index is 12.3. The van der Waals surface area contributed by atoms with E-state index >= 15 is 0 Å². The number of halogens is 2. The molecule has 0 radical (unpaired) electrons. The quantitative estimate of drug-likeness (QED) is 0.480. The molecule has 0 aliphatic carbocycles. The average molecular weight is 490 g/mol. The van der Waals surface area contributed by atoms with Crippen LogP contribution >= 0.6 is 34.2 Å². The molecule has 0 spiro atoms. The van der Waals surface area contributed by atoms with Gasteiger partial charge >= 0.3 is 0 Å². The van der Waals surface area contributed by atoms with Gasteiger partial charge in [0.25, 0.3) is 5.91 Å². The van der Waals surface area contributed by atoms with Crippen molar-refractivity contribution in [2.75, 3.05) is 11.9 Å². The molecule has 0 saturated carbocycles. The number of amides is 1. The Morgan fingerprint density at radius 3 is 2.48 bits per heavy atom. The Morgan fingerprint density at radius 2 is 1.88 bits per heavy atom. The second-order valence-corrected chi connectivity index (χ2v) is 8.33. The highest BCUT2D eigenvalue weighted by Crippen LogP contribution is 2.24. The number of benzene rings is 2. The summed E-state index contributed by atoms with van der Waals surface area (Å²) in [7, 11) is -3.70. The monoisotopic (exact) mass is 489 g/mol. The summed E-state index contributed by atoms with van der Waals surface area (Å²) in [6.45, 7) is 0.0341. The fourth-order valence-corrected chi connectivity index (χ4v) is 3.83. The molecule has 9 heteroatoms. The molecule has 2 aromatic carbocycles. The molecule has 6 nitrogen and oxygen atoms in total. The molecule has 1 amide bonds. The van der Waals surface area contributed by atoms with E-state index in [-0.39, 0.29) is 17.9 Å². The van der Waals surface area contributed by atoms with Crippen molar-refractivity contribution in [2.24, 2.45) is 0 Å². The standard InChI is InChI=1S/C16H13ClIN3O3S/c17-14-10-12(18)4-7-15(14)21-16(22)11-2-5-13(6-3-11)25(23,24)20-9-1-8-19/h2-7,10,20H,1,9H2,(H,21,22). The molecule has 0 fully saturated rings. The van der Waals surface area contributed by atoms with Crippen LogP contribution in [-0.2, 0) is 10.0 Å². The number of hydrogen-bond acceptors (Lipinski definition) is 4. The molecule has 0 heterocycles. The van der Waals surface area contributed by atoms with Crippen molar-refractivity contribution in [1.29, 1.82) is 5.26 Å². The molecule has 0 unspecified atom stereocenters. The molecule has 0 aromatic heterocycles. The van der Waals surface area contributed by atoms with E-state index in [2.05, 4.69) is 32.6 Å². The van der Waals surface area contributed by atoms with Crippen LogP contribution in [0.25, 0.3) is 0 Å². The van der Waals surface area contributed by atoms with Crippen molar-refractivity contribution in [3.8, 4) is 6.07 Å². The number of sulfonamides is 1. The van der Waals surface area contributed by atoms with Crippen molar-refractivity contribution < 1.29 is 13.2 Å². The smallest absolute Gasteiger partial charge is 0.255 e. The Hall–Kier alpha value is -1.67. The van der Waals surface area contributed by atoms with E-state index in [1.54, 1.807) is 12.1 Å². The van der Waals surface area contributed by atoms with E-state index in [9.17, 15) is 13.2 Å². The lowest BCUT2D eigenvalue weighted by Crippen LogP contribution is -2.24. The first-order valence-corrected chi connectivity index (χ1v) is 10.0. The molecule has 2 N–H and O–H groups in total. The minimum absolute atomic E-state index is 0.0225. The Labute approximate surface area is 164 Å². The van der Waals surface area contributed by atoms with E-state index in [1.807, 2.05) is 12.1 Å². The SMILES string of the molecule is N#CCCNS(=O)(=O)c1ccc(C(=O)Nc2ccc(I)cc2Cl)cc1. The third-order valence-electron chi connectivity index (χ3n) is 3.14. The number of carbonyl (C=O) groups is 1. The van der Waals surface area contributed by atoms with Crippen LogP contribution < -0.4 is 10.0 Å². The van der Waals surface area contributed by atoms with Crippen molar-refractivity contribution in [3.63, 3.8) is 0 Å². The van der Waals surface area contributed by atoms with Gasteiger partial charge in [0.15, 0.2) is 0 Å². The van der Waals surface area contributed by atoms with Gasteiger partial charge < -0.3 is 5.32 Å². The predicted molar refractivity (Wildman–Crippen MR) is 104 cm³/mol. The summed E-state index contributed by atoms with van der Waals surface area (Å²) < 4.78 is 27.3. The van der Waals surface area contributed by atoms with Gasteiger partial charge in [0, 0.05) is 22.1 Å². The summed E-state index contributed by atoms with van der Waals surface area (Å²) in [5.74, 6) is -0.399. The van der Waals surface area contributed by atoms with Crippen molar-refractivity contribution in [2.45, 2.75) is 11.3 Å². The fraction of sp³-hybridized carbons (Fsp3) is 0.125. The fourth-order valence-electron chi connectivity index (χ4n) is 1.90. The molecule has 130 valence electrons.